The summed E-state index contributed by atoms with van der Waals surface area (Å²) in [7, 11) is 0. The Labute approximate surface area is 116 Å². The number of unbranched alkanes of at least 4 members (excludes halogenated alkanes) is 1. The van der Waals surface area contributed by atoms with Crippen LogP contribution < -0.4 is 0 Å². The van der Waals surface area contributed by atoms with Crippen molar-refractivity contribution >= 4 is 31.1 Å². The van der Waals surface area contributed by atoms with E-state index in [4.69, 9.17) is 9.47 Å². The van der Waals surface area contributed by atoms with Crippen molar-refractivity contribution < 1.29 is 14.6 Å². The van der Waals surface area contributed by atoms with Crippen molar-refractivity contribution in [1.29, 1.82) is 0 Å². The molecule has 1 unspecified atom stereocenters. The Balaban J connectivity index is 2.25. The van der Waals surface area contributed by atoms with Gasteiger partial charge in [0.15, 0.2) is 0 Å². The van der Waals surface area contributed by atoms with Crippen molar-refractivity contribution in [2.45, 2.75) is 58.0 Å². The summed E-state index contributed by atoms with van der Waals surface area (Å²) >= 11 is 4.83. The zero-order valence-corrected chi connectivity index (χ0v) is 13.3. The molecule has 0 aromatic heterocycles. The van der Waals surface area contributed by atoms with E-state index in [1.54, 1.807) is 11.8 Å². The van der Waals surface area contributed by atoms with Crippen LogP contribution in [0.1, 0.15) is 40.0 Å². The molecule has 3 nitrogen and oxygen atoms in total. The van der Waals surface area contributed by atoms with Gasteiger partial charge < -0.3 is 0 Å². The number of aliphatic hydroxyl groups is 1. The first-order valence-corrected chi connectivity index (χ1v) is 7.94. The molecule has 100 valence electrons. The molecule has 1 fully saturated rings. The zero-order chi connectivity index (χ0) is 12.9. The fourth-order valence-corrected chi connectivity index (χ4v) is 3.43. The molecule has 0 aromatic carbocycles. The average molecular weight is 325 g/mol. The maximum atomic E-state index is 10.0. The van der Waals surface area contributed by atoms with Crippen LogP contribution in [0.2, 0.25) is 0 Å². The second kappa shape index (κ2) is 7.27. The Bertz CT molecular complexity index is 258. The standard InChI is InChI=1S/C12H22O3SSe/c1-4-5-6-16-11(17)7-9(13)10-8-14-12(2,3)15-10/h9-10,13H,4-8H2,1-3H3/t9?,10-/m1/s1. The van der Waals surface area contributed by atoms with Gasteiger partial charge in [-0.15, -0.1) is 0 Å². The van der Waals surface area contributed by atoms with Gasteiger partial charge in [0, 0.05) is 0 Å². The van der Waals surface area contributed by atoms with Gasteiger partial charge in [-0.25, -0.2) is 0 Å². The quantitative estimate of drug-likeness (QED) is 0.571. The second-order valence-corrected chi connectivity index (χ2v) is 7.52. The maximum absolute atomic E-state index is 10.0. The third-order valence-corrected chi connectivity index (χ3v) is 4.67. The molecular weight excluding hydrogens is 303 g/mol. The van der Waals surface area contributed by atoms with E-state index >= 15 is 0 Å². The van der Waals surface area contributed by atoms with E-state index in [1.165, 1.54) is 12.8 Å². The minimum absolute atomic E-state index is 0.208. The number of thioether (sulfide) groups is 1. The third kappa shape index (κ3) is 5.86. The van der Waals surface area contributed by atoms with Gasteiger partial charge in [0.2, 0.25) is 0 Å². The molecule has 1 aliphatic heterocycles. The Morgan fingerprint density at radius 3 is 2.82 bits per heavy atom. The summed E-state index contributed by atoms with van der Waals surface area (Å²) < 4.78 is 12.2. The topological polar surface area (TPSA) is 38.7 Å². The molecule has 1 saturated heterocycles. The van der Waals surface area contributed by atoms with Crippen molar-refractivity contribution in [3.8, 4) is 0 Å². The molecule has 1 aliphatic rings. The van der Waals surface area contributed by atoms with Gasteiger partial charge in [0.1, 0.15) is 0 Å². The van der Waals surface area contributed by atoms with E-state index in [0.717, 1.165) is 9.50 Å². The molecule has 17 heavy (non-hydrogen) atoms. The van der Waals surface area contributed by atoms with Crippen molar-refractivity contribution in [1.82, 2.24) is 0 Å². The number of hydrogen-bond acceptors (Lipinski definition) is 4. The number of aliphatic hydroxyl groups excluding tert-OH is 1. The molecule has 1 rings (SSSR count). The molecule has 0 bridgehead atoms. The molecule has 1 heterocycles. The molecule has 0 spiro atoms. The van der Waals surface area contributed by atoms with Crippen molar-refractivity contribution in [3.05, 3.63) is 0 Å². The van der Waals surface area contributed by atoms with Crippen molar-refractivity contribution in [2.24, 2.45) is 0 Å². The van der Waals surface area contributed by atoms with Crippen LogP contribution in [0.5, 0.6) is 0 Å². The number of rotatable bonds is 7. The molecular formula is C12H22O3SSe. The summed E-state index contributed by atoms with van der Waals surface area (Å²) in [6, 6.07) is 0. The van der Waals surface area contributed by atoms with Gasteiger partial charge >= 0.3 is 116 Å². The van der Waals surface area contributed by atoms with Crippen LogP contribution in [0.15, 0.2) is 0 Å². The molecule has 0 radical (unpaired) electrons. The summed E-state index contributed by atoms with van der Waals surface area (Å²) in [6.45, 7) is 6.40. The first-order valence-electron chi connectivity index (χ1n) is 6.10. The monoisotopic (exact) mass is 326 g/mol. The predicted octanol–water partition coefficient (Wildman–Crippen LogP) is 1.72. The van der Waals surface area contributed by atoms with Crippen LogP contribution in [0, 0.1) is 0 Å². The summed E-state index contributed by atoms with van der Waals surface area (Å²) in [5.41, 5.74) is 0. The van der Waals surface area contributed by atoms with E-state index in [-0.39, 0.29) is 6.10 Å². The van der Waals surface area contributed by atoms with Crippen LogP contribution in [0.25, 0.3) is 0 Å². The Hall–Kier alpha value is 0.619. The Morgan fingerprint density at radius 1 is 1.59 bits per heavy atom. The number of ether oxygens (including phenoxy) is 2. The molecule has 0 aliphatic carbocycles. The molecule has 0 saturated carbocycles. The number of hydrogen-bond donors (Lipinski definition) is 1. The van der Waals surface area contributed by atoms with E-state index in [0.29, 0.717) is 13.0 Å². The van der Waals surface area contributed by atoms with Crippen LogP contribution in [-0.2, 0) is 9.47 Å². The zero-order valence-electron chi connectivity index (χ0n) is 10.8. The average Bonchev–Trinajstić information content (AvgIpc) is 2.59. The summed E-state index contributed by atoms with van der Waals surface area (Å²) in [5, 5.41) is 10.0. The summed E-state index contributed by atoms with van der Waals surface area (Å²) in [5.74, 6) is 0.553. The second-order valence-electron chi connectivity index (χ2n) is 4.71. The normalized spacial score (nSPS) is 24.8. The van der Waals surface area contributed by atoms with E-state index in [2.05, 4.69) is 22.5 Å². The first kappa shape index (κ1) is 15.7. The van der Waals surface area contributed by atoms with Crippen LogP contribution in [-0.4, -0.2) is 54.8 Å². The predicted molar refractivity (Wildman–Crippen MR) is 73.7 cm³/mol. The van der Waals surface area contributed by atoms with Crippen LogP contribution >= 0.6 is 11.8 Å². The fraction of sp³-hybridized carbons (Fsp3) is 0.917. The Morgan fingerprint density at radius 2 is 2.29 bits per heavy atom. The van der Waals surface area contributed by atoms with Gasteiger partial charge in [-0.3, -0.25) is 0 Å². The first-order chi connectivity index (χ1) is 7.94. The van der Waals surface area contributed by atoms with Crippen LogP contribution in [0.3, 0.4) is 0 Å². The molecule has 1 N–H and O–H groups in total. The SMILES string of the molecule is CCCCSC(=[Se])CC(O)[C@H]1COC(C)(C)O1. The van der Waals surface area contributed by atoms with Gasteiger partial charge in [-0.05, 0) is 0 Å². The molecule has 2 atom stereocenters. The van der Waals surface area contributed by atoms with Crippen molar-refractivity contribution in [2.75, 3.05) is 12.4 Å². The van der Waals surface area contributed by atoms with Crippen molar-refractivity contribution in [3.63, 3.8) is 0 Å². The van der Waals surface area contributed by atoms with Gasteiger partial charge in [-0.1, -0.05) is 0 Å². The molecule has 0 amide bonds. The van der Waals surface area contributed by atoms with E-state index in [1.807, 2.05) is 13.8 Å². The fourth-order valence-electron chi connectivity index (χ4n) is 1.60. The Kier molecular flexibility index (Phi) is 6.70. The van der Waals surface area contributed by atoms with E-state index < -0.39 is 11.9 Å². The van der Waals surface area contributed by atoms with Gasteiger partial charge in [0.25, 0.3) is 0 Å². The minimum atomic E-state index is -0.557. The molecule has 0 aromatic rings. The summed E-state index contributed by atoms with van der Waals surface area (Å²) in [4.78, 5) is 0. The third-order valence-electron chi connectivity index (χ3n) is 2.60. The molecule has 5 heteroatoms. The van der Waals surface area contributed by atoms with Gasteiger partial charge in [-0.2, -0.15) is 0 Å². The van der Waals surface area contributed by atoms with Gasteiger partial charge in [0.05, 0.1) is 0 Å². The van der Waals surface area contributed by atoms with Crippen LogP contribution in [0.4, 0.5) is 0 Å². The van der Waals surface area contributed by atoms with E-state index in [9.17, 15) is 5.11 Å². The summed E-state index contributed by atoms with van der Waals surface area (Å²) in [6.07, 6.45) is 2.36.